The highest BCUT2D eigenvalue weighted by atomic mass is 16.5. The third-order valence-corrected chi connectivity index (χ3v) is 2.05. The van der Waals surface area contributed by atoms with Gasteiger partial charge in [0.05, 0.1) is 6.10 Å². The Labute approximate surface area is 90.9 Å². The van der Waals surface area contributed by atoms with Crippen LogP contribution in [-0.2, 0) is 6.54 Å². The molecular formula is C11H19N3O. The van der Waals surface area contributed by atoms with Gasteiger partial charge in [-0.1, -0.05) is 13.8 Å². The largest absolute Gasteiger partial charge is 0.473 e. The Morgan fingerprint density at radius 1 is 1.27 bits per heavy atom. The quantitative estimate of drug-likeness (QED) is 0.802. The Hall–Kier alpha value is -1.16. The Balaban J connectivity index is 2.63. The standard InChI is InChI=1S/C11H19N3O/c1-8(2)6-9(3)15-11-10(7-12)13-4-5-14-11/h4-5,8-9H,6-7,12H2,1-3H3. The van der Waals surface area contributed by atoms with Gasteiger partial charge in [0.15, 0.2) is 0 Å². The van der Waals surface area contributed by atoms with Crippen LogP contribution in [0.25, 0.3) is 0 Å². The first-order chi connectivity index (χ1) is 7.13. The van der Waals surface area contributed by atoms with Crippen LogP contribution in [0.5, 0.6) is 5.88 Å². The molecule has 84 valence electrons. The summed E-state index contributed by atoms with van der Waals surface area (Å²) < 4.78 is 5.69. The van der Waals surface area contributed by atoms with E-state index in [4.69, 9.17) is 10.5 Å². The van der Waals surface area contributed by atoms with E-state index in [1.165, 1.54) is 0 Å². The number of ether oxygens (including phenoxy) is 1. The number of hydrogen-bond acceptors (Lipinski definition) is 4. The molecule has 0 saturated heterocycles. The second-order valence-electron chi connectivity index (χ2n) is 4.07. The van der Waals surface area contributed by atoms with Crippen LogP contribution >= 0.6 is 0 Å². The Bertz CT molecular complexity index is 302. The fourth-order valence-electron chi connectivity index (χ4n) is 1.50. The molecule has 0 amide bonds. The van der Waals surface area contributed by atoms with Crippen LogP contribution < -0.4 is 10.5 Å². The Morgan fingerprint density at radius 3 is 2.53 bits per heavy atom. The Morgan fingerprint density at radius 2 is 1.93 bits per heavy atom. The molecule has 0 aromatic carbocycles. The average Bonchev–Trinajstić information content (AvgIpc) is 2.17. The fraction of sp³-hybridized carbons (Fsp3) is 0.636. The van der Waals surface area contributed by atoms with Gasteiger partial charge in [-0.25, -0.2) is 4.98 Å². The third kappa shape index (κ3) is 3.83. The molecule has 1 rings (SSSR count). The van der Waals surface area contributed by atoms with Gasteiger partial charge >= 0.3 is 0 Å². The van der Waals surface area contributed by atoms with E-state index in [9.17, 15) is 0 Å². The zero-order chi connectivity index (χ0) is 11.3. The minimum Gasteiger partial charge on any atom is -0.473 e. The van der Waals surface area contributed by atoms with Crippen molar-refractivity contribution >= 4 is 0 Å². The lowest BCUT2D eigenvalue weighted by molar-refractivity contribution is 0.182. The third-order valence-electron chi connectivity index (χ3n) is 2.05. The molecule has 0 fully saturated rings. The maximum Gasteiger partial charge on any atom is 0.237 e. The predicted molar refractivity (Wildman–Crippen MR) is 59.5 cm³/mol. The van der Waals surface area contributed by atoms with Crippen molar-refractivity contribution in [3.05, 3.63) is 18.1 Å². The van der Waals surface area contributed by atoms with E-state index in [-0.39, 0.29) is 6.10 Å². The van der Waals surface area contributed by atoms with E-state index >= 15 is 0 Å². The average molecular weight is 209 g/mol. The summed E-state index contributed by atoms with van der Waals surface area (Å²) in [6.07, 6.45) is 4.39. The summed E-state index contributed by atoms with van der Waals surface area (Å²) in [4.78, 5) is 8.25. The smallest absolute Gasteiger partial charge is 0.237 e. The zero-order valence-electron chi connectivity index (χ0n) is 9.60. The van der Waals surface area contributed by atoms with Gasteiger partial charge in [-0.3, -0.25) is 4.98 Å². The highest BCUT2D eigenvalue weighted by Crippen LogP contribution is 2.15. The van der Waals surface area contributed by atoms with Crippen molar-refractivity contribution in [2.45, 2.75) is 39.8 Å². The molecule has 1 unspecified atom stereocenters. The second-order valence-corrected chi connectivity index (χ2v) is 4.07. The highest BCUT2D eigenvalue weighted by Gasteiger charge is 2.10. The second kappa shape index (κ2) is 5.66. The zero-order valence-corrected chi connectivity index (χ0v) is 9.60. The summed E-state index contributed by atoms with van der Waals surface area (Å²) in [6, 6.07) is 0. The van der Waals surface area contributed by atoms with Gasteiger partial charge in [0, 0.05) is 18.9 Å². The van der Waals surface area contributed by atoms with E-state index in [1.807, 2.05) is 6.92 Å². The van der Waals surface area contributed by atoms with Gasteiger partial charge in [-0.2, -0.15) is 0 Å². The minimum absolute atomic E-state index is 0.145. The maximum atomic E-state index is 5.69. The van der Waals surface area contributed by atoms with E-state index < -0.39 is 0 Å². The van der Waals surface area contributed by atoms with Crippen LogP contribution in [0.2, 0.25) is 0 Å². The molecular weight excluding hydrogens is 190 g/mol. The first-order valence-electron chi connectivity index (χ1n) is 5.30. The van der Waals surface area contributed by atoms with E-state index in [1.54, 1.807) is 12.4 Å². The maximum absolute atomic E-state index is 5.69. The van der Waals surface area contributed by atoms with Crippen LogP contribution in [0.15, 0.2) is 12.4 Å². The lowest BCUT2D eigenvalue weighted by Gasteiger charge is -2.16. The lowest BCUT2D eigenvalue weighted by Crippen LogP contribution is -2.17. The van der Waals surface area contributed by atoms with Gasteiger partial charge in [0.1, 0.15) is 5.69 Å². The first-order valence-corrected chi connectivity index (χ1v) is 5.30. The molecule has 1 atom stereocenters. The lowest BCUT2D eigenvalue weighted by atomic mass is 10.1. The normalized spacial score (nSPS) is 12.9. The highest BCUT2D eigenvalue weighted by molar-refractivity contribution is 5.16. The van der Waals surface area contributed by atoms with Gasteiger partial charge in [-0.15, -0.1) is 0 Å². The van der Waals surface area contributed by atoms with Crippen molar-refractivity contribution in [2.24, 2.45) is 11.7 Å². The van der Waals surface area contributed by atoms with Crippen LogP contribution in [0.3, 0.4) is 0 Å². The van der Waals surface area contributed by atoms with Crippen LogP contribution in [-0.4, -0.2) is 16.1 Å². The van der Waals surface area contributed by atoms with Crippen molar-refractivity contribution in [1.82, 2.24) is 9.97 Å². The van der Waals surface area contributed by atoms with E-state index in [2.05, 4.69) is 23.8 Å². The van der Waals surface area contributed by atoms with Crippen molar-refractivity contribution < 1.29 is 4.74 Å². The molecule has 1 aromatic heterocycles. The van der Waals surface area contributed by atoms with Gasteiger partial charge < -0.3 is 10.5 Å². The molecule has 0 spiro atoms. The van der Waals surface area contributed by atoms with E-state index in [0.29, 0.717) is 24.0 Å². The molecule has 2 N–H and O–H groups in total. The van der Waals surface area contributed by atoms with Crippen molar-refractivity contribution in [1.29, 1.82) is 0 Å². The SMILES string of the molecule is CC(C)CC(C)Oc1nccnc1CN. The molecule has 0 aliphatic carbocycles. The van der Waals surface area contributed by atoms with Gasteiger partial charge in [-0.05, 0) is 19.3 Å². The van der Waals surface area contributed by atoms with Gasteiger partial charge in [0.2, 0.25) is 5.88 Å². The summed E-state index contributed by atoms with van der Waals surface area (Å²) in [5.41, 5.74) is 6.26. The molecule has 15 heavy (non-hydrogen) atoms. The molecule has 0 aliphatic heterocycles. The molecule has 4 heteroatoms. The van der Waals surface area contributed by atoms with Crippen LogP contribution in [0.4, 0.5) is 0 Å². The van der Waals surface area contributed by atoms with E-state index in [0.717, 1.165) is 6.42 Å². The Kier molecular flexibility index (Phi) is 4.49. The molecule has 0 saturated carbocycles. The summed E-state index contributed by atoms with van der Waals surface area (Å²) in [5, 5.41) is 0. The molecule has 0 bridgehead atoms. The van der Waals surface area contributed by atoms with Crippen molar-refractivity contribution in [2.75, 3.05) is 0 Å². The topological polar surface area (TPSA) is 61.0 Å². The molecule has 4 nitrogen and oxygen atoms in total. The number of hydrogen-bond donors (Lipinski definition) is 1. The summed E-state index contributed by atoms with van der Waals surface area (Å²) in [7, 11) is 0. The first kappa shape index (κ1) is 11.9. The van der Waals surface area contributed by atoms with Crippen LogP contribution in [0, 0.1) is 5.92 Å². The molecule has 1 aromatic rings. The summed E-state index contributed by atoms with van der Waals surface area (Å²) in [6.45, 7) is 6.73. The summed E-state index contributed by atoms with van der Waals surface area (Å²) in [5.74, 6) is 1.17. The monoisotopic (exact) mass is 209 g/mol. The van der Waals surface area contributed by atoms with Crippen molar-refractivity contribution in [3.63, 3.8) is 0 Å². The number of nitrogens with zero attached hydrogens (tertiary/aromatic N) is 2. The molecule has 0 radical (unpaired) electrons. The molecule has 1 heterocycles. The number of aromatic nitrogens is 2. The van der Waals surface area contributed by atoms with Crippen LogP contribution in [0.1, 0.15) is 32.9 Å². The molecule has 0 aliphatic rings. The van der Waals surface area contributed by atoms with Crippen molar-refractivity contribution in [3.8, 4) is 5.88 Å². The summed E-state index contributed by atoms with van der Waals surface area (Å²) >= 11 is 0. The minimum atomic E-state index is 0.145. The van der Waals surface area contributed by atoms with Gasteiger partial charge in [0.25, 0.3) is 0 Å². The number of nitrogens with two attached hydrogens (primary N) is 1. The fourth-order valence-corrected chi connectivity index (χ4v) is 1.50. The number of rotatable bonds is 5. The predicted octanol–water partition coefficient (Wildman–Crippen LogP) is 1.75.